The Bertz CT molecular complexity index is 728. The first-order valence-electron chi connectivity index (χ1n) is 10.1. The minimum absolute atomic E-state index is 0.0129. The van der Waals surface area contributed by atoms with Gasteiger partial charge in [0.25, 0.3) is 5.91 Å². The van der Waals surface area contributed by atoms with E-state index >= 15 is 0 Å². The van der Waals surface area contributed by atoms with Crippen LogP contribution in [-0.4, -0.2) is 48.5 Å². The molecule has 1 fully saturated rings. The number of benzene rings is 1. The van der Waals surface area contributed by atoms with Crippen molar-refractivity contribution in [1.82, 2.24) is 4.90 Å². The predicted octanol–water partition coefficient (Wildman–Crippen LogP) is 3.04. The Labute approximate surface area is 167 Å². The van der Waals surface area contributed by atoms with Gasteiger partial charge in [-0.2, -0.15) is 0 Å². The van der Waals surface area contributed by atoms with E-state index in [0.29, 0.717) is 18.8 Å². The topological polar surface area (TPSA) is 59.0 Å². The highest BCUT2D eigenvalue weighted by atomic mass is 16.7. The standard InChI is InChI=1S/C23H29NO4/c1-3-17-9-11-18(12-10-17)20-16-21(22(26)24-13-5-6-14-24)28-23(27-4-2)19(20)8-7-15-25/h1,9-12,16,19-20,23,25H,4-8,13-15H2,2H3/t19-,20-,23-/m1/s1. The van der Waals surface area contributed by atoms with Gasteiger partial charge in [-0.3, -0.25) is 4.79 Å². The minimum Gasteiger partial charge on any atom is -0.459 e. The van der Waals surface area contributed by atoms with Crippen molar-refractivity contribution in [2.24, 2.45) is 5.92 Å². The number of carbonyl (C=O) groups excluding carboxylic acids is 1. The van der Waals surface area contributed by atoms with Crippen molar-refractivity contribution in [3.63, 3.8) is 0 Å². The molecule has 3 rings (SSSR count). The van der Waals surface area contributed by atoms with Gasteiger partial charge in [-0.25, -0.2) is 0 Å². The quantitative estimate of drug-likeness (QED) is 0.736. The third kappa shape index (κ3) is 4.57. The zero-order chi connectivity index (χ0) is 19.9. The molecule has 0 bridgehead atoms. The Morgan fingerprint density at radius 3 is 2.64 bits per heavy atom. The molecule has 1 N–H and O–H groups in total. The smallest absolute Gasteiger partial charge is 0.288 e. The Hall–Kier alpha value is -2.29. The van der Waals surface area contributed by atoms with E-state index in [1.807, 2.05) is 42.2 Å². The number of aliphatic hydroxyl groups is 1. The summed E-state index contributed by atoms with van der Waals surface area (Å²) in [6.45, 7) is 4.07. The van der Waals surface area contributed by atoms with Gasteiger partial charge in [0.1, 0.15) is 0 Å². The molecule has 1 aromatic carbocycles. The highest BCUT2D eigenvalue weighted by Crippen LogP contribution is 2.40. The maximum atomic E-state index is 13.0. The Balaban J connectivity index is 1.94. The minimum atomic E-state index is -0.514. The number of ether oxygens (including phenoxy) is 2. The molecule has 0 radical (unpaired) electrons. The monoisotopic (exact) mass is 383 g/mol. The van der Waals surface area contributed by atoms with E-state index in [9.17, 15) is 9.90 Å². The van der Waals surface area contributed by atoms with Crippen LogP contribution in [0.15, 0.2) is 36.1 Å². The van der Waals surface area contributed by atoms with Crippen molar-refractivity contribution in [3.05, 3.63) is 47.2 Å². The van der Waals surface area contributed by atoms with Gasteiger partial charge in [-0.05, 0) is 56.4 Å². The molecule has 3 atom stereocenters. The number of hydrogen-bond acceptors (Lipinski definition) is 4. The van der Waals surface area contributed by atoms with E-state index in [2.05, 4.69) is 5.92 Å². The zero-order valence-electron chi connectivity index (χ0n) is 16.5. The molecule has 2 heterocycles. The second-order valence-electron chi connectivity index (χ2n) is 7.29. The van der Waals surface area contributed by atoms with Crippen LogP contribution in [0.5, 0.6) is 0 Å². The summed E-state index contributed by atoms with van der Waals surface area (Å²) in [5, 5.41) is 9.34. The molecule has 0 saturated carbocycles. The summed E-state index contributed by atoms with van der Waals surface area (Å²) in [4.78, 5) is 14.8. The fraction of sp³-hybridized carbons (Fsp3) is 0.522. The SMILES string of the molecule is C#Cc1ccc([C@H]2C=C(C(=O)N3CCCC3)O[C@@H](OCC)[C@@H]2CCCO)cc1. The fourth-order valence-corrected chi connectivity index (χ4v) is 4.02. The number of aliphatic hydroxyl groups excluding tert-OH is 1. The molecule has 5 nitrogen and oxygen atoms in total. The van der Waals surface area contributed by atoms with Crippen molar-refractivity contribution in [2.45, 2.75) is 44.8 Å². The highest BCUT2D eigenvalue weighted by molar-refractivity contribution is 5.92. The fourth-order valence-electron chi connectivity index (χ4n) is 4.02. The molecule has 28 heavy (non-hydrogen) atoms. The number of amides is 1. The number of carbonyl (C=O) groups is 1. The van der Waals surface area contributed by atoms with Gasteiger partial charge in [-0.1, -0.05) is 18.1 Å². The van der Waals surface area contributed by atoms with Gasteiger partial charge in [0.05, 0.1) is 0 Å². The van der Waals surface area contributed by atoms with Gasteiger partial charge < -0.3 is 19.5 Å². The lowest BCUT2D eigenvalue weighted by Crippen LogP contribution is -2.39. The normalized spacial score (nSPS) is 24.4. The second-order valence-corrected chi connectivity index (χ2v) is 7.29. The summed E-state index contributed by atoms with van der Waals surface area (Å²) in [5.41, 5.74) is 1.89. The van der Waals surface area contributed by atoms with Crippen molar-refractivity contribution < 1.29 is 19.4 Å². The molecule has 0 unspecified atom stereocenters. The van der Waals surface area contributed by atoms with Crippen LogP contribution in [-0.2, 0) is 14.3 Å². The molecule has 1 amide bonds. The van der Waals surface area contributed by atoms with E-state index in [1.54, 1.807) is 0 Å². The number of terminal acetylenes is 1. The van der Waals surface area contributed by atoms with E-state index in [0.717, 1.165) is 43.5 Å². The maximum absolute atomic E-state index is 13.0. The van der Waals surface area contributed by atoms with Gasteiger partial charge in [0, 0.05) is 43.7 Å². The van der Waals surface area contributed by atoms with Crippen LogP contribution >= 0.6 is 0 Å². The average molecular weight is 383 g/mol. The number of likely N-dealkylation sites (tertiary alicyclic amines) is 1. The summed E-state index contributed by atoms with van der Waals surface area (Å²) in [5.74, 6) is 2.92. The zero-order valence-corrected chi connectivity index (χ0v) is 16.5. The first-order valence-corrected chi connectivity index (χ1v) is 10.1. The Kier molecular flexibility index (Phi) is 7.13. The molecule has 2 aliphatic rings. The maximum Gasteiger partial charge on any atom is 0.288 e. The molecule has 1 saturated heterocycles. The molecular weight excluding hydrogens is 354 g/mol. The van der Waals surface area contributed by atoms with Crippen LogP contribution in [0.3, 0.4) is 0 Å². The molecule has 5 heteroatoms. The first-order chi connectivity index (χ1) is 13.7. The van der Waals surface area contributed by atoms with Gasteiger partial charge in [0.15, 0.2) is 5.76 Å². The van der Waals surface area contributed by atoms with E-state index in [1.165, 1.54) is 0 Å². The van der Waals surface area contributed by atoms with Crippen LogP contribution in [0.4, 0.5) is 0 Å². The molecule has 0 aromatic heterocycles. The van der Waals surface area contributed by atoms with E-state index in [4.69, 9.17) is 15.9 Å². The lowest BCUT2D eigenvalue weighted by molar-refractivity contribution is -0.170. The predicted molar refractivity (Wildman–Crippen MR) is 107 cm³/mol. The molecule has 0 spiro atoms. The largest absolute Gasteiger partial charge is 0.459 e. The van der Waals surface area contributed by atoms with Crippen LogP contribution in [0, 0.1) is 18.3 Å². The molecular formula is C23H29NO4. The third-order valence-corrected chi connectivity index (χ3v) is 5.48. The van der Waals surface area contributed by atoms with Crippen LogP contribution < -0.4 is 0 Å². The summed E-state index contributed by atoms with van der Waals surface area (Å²) in [7, 11) is 0. The van der Waals surface area contributed by atoms with Crippen molar-refractivity contribution in [3.8, 4) is 12.3 Å². The van der Waals surface area contributed by atoms with Crippen LogP contribution in [0.2, 0.25) is 0 Å². The molecule has 150 valence electrons. The second kappa shape index (κ2) is 9.77. The van der Waals surface area contributed by atoms with Crippen LogP contribution in [0.25, 0.3) is 0 Å². The lowest BCUT2D eigenvalue weighted by atomic mass is 9.80. The Morgan fingerprint density at radius 2 is 2.04 bits per heavy atom. The van der Waals surface area contributed by atoms with Crippen molar-refractivity contribution in [1.29, 1.82) is 0 Å². The third-order valence-electron chi connectivity index (χ3n) is 5.48. The first kappa shape index (κ1) is 20.4. The van der Waals surface area contributed by atoms with Gasteiger partial charge >= 0.3 is 0 Å². The number of hydrogen-bond donors (Lipinski definition) is 1. The number of rotatable bonds is 7. The van der Waals surface area contributed by atoms with Crippen LogP contribution in [0.1, 0.15) is 49.7 Å². The van der Waals surface area contributed by atoms with Gasteiger partial charge in [0.2, 0.25) is 6.29 Å². The van der Waals surface area contributed by atoms with E-state index in [-0.39, 0.29) is 24.3 Å². The van der Waals surface area contributed by atoms with Crippen molar-refractivity contribution in [2.75, 3.05) is 26.3 Å². The summed E-state index contributed by atoms with van der Waals surface area (Å²) in [6.07, 6.45) is 10.4. The summed E-state index contributed by atoms with van der Waals surface area (Å²) >= 11 is 0. The van der Waals surface area contributed by atoms with Crippen molar-refractivity contribution >= 4 is 5.91 Å². The lowest BCUT2D eigenvalue weighted by Gasteiger charge is -2.37. The summed E-state index contributed by atoms with van der Waals surface area (Å²) in [6, 6.07) is 7.85. The highest BCUT2D eigenvalue weighted by Gasteiger charge is 2.39. The average Bonchev–Trinajstić information content (AvgIpc) is 3.27. The Morgan fingerprint density at radius 1 is 1.32 bits per heavy atom. The summed E-state index contributed by atoms with van der Waals surface area (Å²) < 4.78 is 11.9. The molecule has 2 aliphatic heterocycles. The molecule has 0 aliphatic carbocycles. The number of allylic oxidation sites excluding steroid dienone is 1. The van der Waals surface area contributed by atoms with Gasteiger partial charge in [-0.15, -0.1) is 6.42 Å². The molecule has 1 aromatic rings. The van der Waals surface area contributed by atoms with E-state index < -0.39 is 6.29 Å². The number of nitrogens with zero attached hydrogens (tertiary/aromatic N) is 1.